The largest absolute Gasteiger partial charge is 0.355 e. The summed E-state index contributed by atoms with van der Waals surface area (Å²) in [6, 6.07) is 35.8. The summed E-state index contributed by atoms with van der Waals surface area (Å²) in [6.07, 6.45) is 16.4. The van der Waals surface area contributed by atoms with Crippen LogP contribution in [0.3, 0.4) is 0 Å². The maximum atomic E-state index is 9.81. The van der Waals surface area contributed by atoms with E-state index in [2.05, 4.69) is 182 Å². The van der Waals surface area contributed by atoms with Crippen molar-refractivity contribution in [3.8, 4) is 28.3 Å². The standard InChI is InChI=1S/C45H43N5/c1-29-31(28-46)17-13-21-34(29)41-49-50(41)45(42(48-45)44(4)25-11-6-12-26-44)32-18-14-19-33(27-32)47-40-35(30-15-7-5-8-16-30)23-24-37-36-20-9-10-22-38(36)43(2,3)39(37)40/h5-25,27,29,34,41-42,47-49H,26H2,1-4H3/t29?,34?,41?,42?,44?,45-,50?/m0/s1. The Morgan fingerprint density at radius 2 is 1.66 bits per heavy atom. The van der Waals surface area contributed by atoms with E-state index >= 15 is 0 Å². The molecule has 3 N–H and O–H groups in total. The number of benzene rings is 4. The van der Waals surface area contributed by atoms with Gasteiger partial charge in [0.25, 0.3) is 0 Å². The van der Waals surface area contributed by atoms with Crippen LogP contribution in [0.15, 0.2) is 139 Å². The number of nitriles is 1. The minimum absolute atomic E-state index is 0.0464. The van der Waals surface area contributed by atoms with Crippen molar-refractivity contribution in [1.82, 2.24) is 15.8 Å². The van der Waals surface area contributed by atoms with Crippen molar-refractivity contribution in [2.24, 2.45) is 17.3 Å². The van der Waals surface area contributed by atoms with Gasteiger partial charge in [-0.3, -0.25) is 5.32 Å². The molecule has 0 spiro atoms. The van der Waals surface area contributed by atoms with Gasteiger partial charge in [0, 0.05) is 39.5 Å². The summed E-state index contributed by atoms with van der Waals surface area (Å²) in [5, 5.41) is 20.3. The summed E-state index contributed by atoms with van der Waals surface area (Å²) in [5.74, 6) is 0.349. The summed E-state index contributed by atoms with van der Waals surface area (Å²) in [5.41, 5.74) is 15.2. The highest BCUT2D eigenvalue weighted by Crippen LogP contribution is 2.57. The molecular weight excluding hydrogens is 611 g/mol. The summed E-state index contributed by atoms with van der Waals surface area (Å²) in [4.78, 5) is 0. The van der Waals surface area contributed by atoms with Crippen molar-refractivity contribution >= 4 is 11.4 Å². The van der Waals surface area contributed by atoms with Gasteiger partial charge < -0.3 is 5.32 Å². The topological polar surface area (TPSA) is 82.7 Å². The van der Waals surface area contributed by atoms with Gasteiger partial charge in [0.15, 0.2) is 0 Å². The maximum absolute atomic E-state index is 9.81. The van der Waals surface area contributed by atoms with Crippen LogP contribution in [-0.2, 0) is 11.1 Å². The monoisotopic (exact) mass is 653 g/mol. The van der Waals surface area contributed by atoms with Crippen LogP contribution in [0.1, 0.15) is 50.8 Å². The van der Waals surface area contributed by atoms with Crippen LogP contribution in [0.2, 0.25) is 0 Å². The molecule has 5 nitrogen and oxygen atoms in total. The molecule has 3 aliphatic carbocycles. The van der Waals surface area contributed by atoms with E-state index in [0.717, 1.165) is 23.4 Å². The van der Waals surface area contributed by atoms with E-state index in [1.807, 2.05) is 6.08 Å². The minimum atomic E-state index is -0.398. The summed E-state index contributed by atoms with van der Waals surface area (Å²) in [7, 11) is 0. The molecule has 0 saturated carbocycles. The molecule has 9 rings (SSSR count). The van der Waals surface area contributed by atoms with Crippen molar-refractivity contribution < 1.29 is 0 Å². The quantitative estimate of drug-likeness (QED) is 0.173. The van der Waals surface area contributed by atoms with E-state index < -0.39 is 5.66 Å². The van der Waals surface area contributed by atoms with Crippen molar-refractivity contribution in [2.75, 3.05) is 5.32 Å². The first-order valence-electron chi connectivity index (χ1n) is 17.9. The van der Waals surface area contributed by atoms with Crippen LogP contribution in [0.4, 0.5) is 11.4 Å². The van der Waals surface area contributed by atoms with Gasteiger partial charge in [-0.05, 0) is 58.0 Å². The van der Waals surface area contributed by atoms with Crippen molar-refractivity contribution in [1.29, 1.82) is 5.26 Å². The summed E-state index contributed by atoms with van der Waals surface area (Å²) in [6.45, 7) is 9.25. The number of hydrogen-bond donors (Lipinski definition) is 3. The Morgan fingerprint density at radius 3 is 2.46 bits per heavy atom. The fourth-order valence-corrected chi connectivity index (χ4v) is 9.24. The second kappa shape index (κ2) is 11.3. The van der Waals surface area contributed by atoms with E-state index in [1.54, 1.807) is 0 Å². The number of fused-ring (bicyclic) bond motifs is 3. The van der Waals surface area contributed by atoms with Crippen molar-refractivity contribution in [3.63, 3.8) is 0 Å². The Kier molecular flexibility index (Phi) is 6.99. The highest BCUT2D eigenvalue weighted by molar-refractivity contribution is 5.94. The molecule has 2 saturated heterocycles. The Morgan fingerprint density at radius 1 is 0.860 bits per heavy atom. The molecule has 2 aliphatic heterocycles. The molecule has 5 aliphatic rings. The molecule has 5 heteroatoms. The molecule has 50 heavy (non-hydrogen) atoms. The molecule has 6 unspecified atom stereocenters. The van der Waals surface area contributed by atoms with Crippen LogP contribution in [0, 0.1) is 28.6 Å². The van der Waals surface area contributed by atoms with Gasteiger partial charge in [-0.2, -0.15) is 10.3 Å². The highest BCUT2D eigenvalue weighted by atomic mass is 15.8. The molecule has 248 valence electrons. The number of allylic oxidation sites excluding steroid dienone is 6. The molecule has 0 amide bonds. The molecule has 7 atom stereocenters. The van der Waals surface area contributed by atoms with E-state index in [0.29, 0.717) is 0 Å². The first-order chi connectivity index (χ1) is 24.3. The van der Waals surface area contributed by atoms with Crippen molar-refractivity contribution in [3.05, 3.63) is 156 Å². The zero-order chi connectivity index (χ0) is 34.3. The lowest BCUT2D eigenvalue weighted by Gasteiger charge is -2.30. The van der Waals surface area contributed by atoms with Gasteiger partial charge >= 0.3 is 0 Å². The highest BCUT2D eigenvalue weighted by Gasteiger charge is 2.71. The van der Waals surface area contributed by atoms with Gasteiger partial charge in [0.05, 0.1) is 24.0 Å². The molecule has 2 fully saturated rings. The van der Waals surface area contributed by atoms with Crippen LogP contribution < -0.4 is 16.1 Å². The lowest BCUT2D eigenvalue weighted by Crippen LogP contribution is -2.35. The Hall–Kier alpha value is -4.99. The fraction of sp³-hybridized carbons (Fsp3) is 0.267. The van der Waals surface area contributed by atoms with Crippen LogP contribution in [0.25, 0.3) is 22.3 Å². The number of rotatable bonds is 7. The first kappa shape index (κ1) is 31.0. The van der Waals surface area contributed by atoms with E-state index in [9.17, 15) is 5.26 Å². The van der Waals surface area contributed by atoms with Crippen LogP contribution >= 0.6 is 0 Å². The zero-order valence-corrected chi connectivity index (χ0v) is 29.1. The van der Waals surface area contributed by atoms with E-state index in [-0.39, 0.29) is 34.9 Å². The second-order valence-electron chi connectivity index (χ2n) is 15.4. The SMILES string of the molecule is CC1C(C#N)=CC=CC1C1NN1[C@]1(c2cccc(Nc3c(-c4ccccc4)ccc4c3C(C)(C)c3ccccc3-4)c2)NC1C1(C)C=CC=CC1. The predicted molar refractivity (Wildman–Crippen MR) is 203 cm³/mol. The Balaban J connectivity index is 1.13. The van der Waals surface area contributed by atoms with Crippen molar-refractivity contribution in [2.45, 2.75) is 57.4 Å². The normalized spacial score (nSPS) is 30.9. The number of nitrogens with zero attached hydrogens (tertiary/aromatic N) is 2. The summed E-state index contributed by atoms with van der Waals surface area (Å²) < 4.78 is 0. The zero-order valence-electron chi connectivity index (χ0n) is 29.1. The molecule has 0 aromatic heterocycles. The van der Waals surface area contributed by atoms with Gasteiger partial charge in [-0.1, -0.05) is 143 Å². The molecule has 2 heterocycles. The maximum Gasteiger partial charge on any atom is 0.129 e. The molecule has 4 aromatic rings. The molecule has 0 radical (unpaired) electrons. The Bertz CT molecular complexity index is 2180. The fourth-order valence-electron chi connectivity index (χ4n) is 9.24. The van der Waals surface area contributed by atoms with Crippen LogP contribution in [0.5, 0.6) is 0 Å². The smallest absolute Gasteiger partial charge is 0.129 e. The first-order valence-corrected chi connectivity index (χ1v) is 17.9. The van der Waals surface area contributed by atoms with Gasteiger partial charge in [0.2, 0.25) is 0 Å². The molecule has 4 aromatic carbocycles. The average molecular weight is 654 g/mol. The third-order valence-electron chi connectivity index (χ3n) is 12.1. The van der Waals surface area contributed by atoms with Gasteiger partial charge in [0.1, 0.15) is 5.66 Å². The van der Waals surface area contributed by atoms with Gasteiger partial charge in [-0.15, -0.1) is 0 Å². The summed E-state index contributed by atoms with van der Waals surface area (Å²) >= 11 is 0. The van der Waals surface area contributed by atoms with Crippen LogP contribution in [-0.4, -0.2) is 17.2 Å². The lowest BCUT2D eigenvalue weighted by atomic mass is 9.76. The Labute approximate surface area is 295 Å². The third kappa shape index (κ3) is 4.63. The average Bonchev–Trinajstić information content (AvgIpc) is 4.06. The number of anilines is 2. The lowest BCUT2D eigenvalue weighted by molar-refractivity contribution is 0.252. The van der Waals surface area contributed by atoms with E-state index in [4.69, 9.17) is 0 Å². The number of hydrazine groups is 1. The van der Waals surface area contributed by atoms with Gasteiger partial charge in [-0.25, -0.2) is 5.43 Å². The molecular formula is C45H43N5. The number of hydrogen-bond acceptors (Lipinski definition) is 5. The van der Waals surface area contributed by atoms with E-state index in [1.165, 1.54) is 38.9 Å². The predicted octanol–water partition coefficient (Wildman–Crippen LogP) is 9.47. The third-order valence-corrected chi connectivity index (χ3v) is 12.1. The second-order valence-corrected chi connectivity index (χ2v) is 15.4. The minimum Gasteiger partial charge on any atom is -0.355 e. The number of nitrogens with one attached hydrogen (secondary N) is 3. The molecule has 0 bridgehead atoms.